The molecule has 2 aromatic rings. The Balaban J connectivity index is 2.52. The number of benzene rings is 1. The Morgan fingerprint density at radius 3 is 2.56 bits per heavy atom. The highest BCUT2D eigenvalue weighted by atomic mass is 16.1. The number of aromatic nitrogens is 2. The number of carbonyl (C=O) groups is 1. The Morgan fingerprint density at radius 2 is 1.94 bits per heavy atom. The number of hydrogen-bond donors (Lipinski definition) is 0. The van der Waals surface area contributed by atoms with E-state index in [0.717, 1.165) is 24.0 Å². The van der Waals surface area contributed by atoms with Gasteiger partial charge in [0, 0.05) is 12.0 Å². The minimum absolute atomic E-state index is 0.436. The lowest BCUT2D eigenvalue weighted by atomic mass is 10.1. The molecule has 0 aliphatic carbocycles. The summed E-state index contributed by atoms with van der Waals surface area (Å²) in [5.41, 5.74) is 2.24. The predicted octanol–water partition coefficient (Wildman–Crippen LogP) is 2.52. The summed E-state index contributed by atoms with van der Waals surface area (Å²) in [4.78, 5) is 19.3. The van der Waals surface area contributed by atoms with E-state index >= 15 is 0 Å². The highest BCUT2D eigenvalue weighted by Crippen LogP contribution is 2.16. The maximum Gasteiger partial charge on any atom is 0.168 e. The van der Waals surface area contributed by atoms with Gasteiger partial charge in [0.05, 0.1) is 5.69 Å². The van der Waals surface area contributed by atoms with Gasteiger partial charge in [-0.05, 0) is 6.07 Å². The lowest BCUT2D eigenvalue weighted by molar-refractivity contribution is 0.111. The molecule has 0 spiro atoms. The second-order valence-electron chi connectivity index (χ2n) is 3.43. The van der Waals surface area contributed by atoms with Crippen LogP contribution in [0.25, 0.3) is 11.3 Å². The van der Waals surface area contributed by atoms with E-state index < -0.39 is 0 Å². The summed E-state index contributed by atoms with van der Waals surface area (Å²) in [5, 5.41) is 0. The van der Waals surface area contributed by atoms with Crippen molar-refractivity contribution in [1.29, 1.82) is 0 Å². The first kappa shape index (κ1) is 10.5. The van der Waals surface area contributed by atoms with E-state index in [4.69, 9.17) is 0 Å². The van der Waals surface area contributed by atoms with Gasteiger partial charge >= 0.3 is 0 Å². The highest BCUT2D eigenvalue weighted by molar-refractivity contribution is 5.74. The third-order valence-corrected chi connectivity index (χ3v) is 2.30. The van der Waals surface area contributed by atoms with Gasteiger partial charge in [-0.25, -0.2) is 9.97 Å². The number of aryl methyl sites for hydroxylation is 1. The van der Waals surface area contributed by atoms with Gasteiger partial charge in [-0.1, -0.05) is 37.3 Å². The smallest absolute Gasteiger partial charge is 0.168 e. The molecule has 2 rings (SSSR count). The molecule has 0 aliphatic rings. The Labute approximate surface area is 94.2 Å². The Morgan fingerprint density at radius 1 is 1.19 bits per heavy atom. The first-order valence-electron chi connectivity index (χ1n) is 5.22. The van der Waals surface area contributed by atoms with E-state index in [-0.39, 0.29) is 0 Å². The average molecular weight is 212 g/mol. The fourth-order valence-electron chi connectivity index (χ4n) is 1.49. The lowest BCUT2D eigenvalue weighted by Crippen LogP contribution is -1.99. The van der Waals surface area contributed by atoms with Crippen LogP contribution >= 0.6 is 0 Å². The van der Waals surface area contributed by atoms with E-state index in [1.54, 1.807) is 6.07 Å². The van der Waals surface area contributed by atoms with Crippen molar-refractivity contribution in [2.45, 2.75) is 13.3 Å². The summed E-state index contributed by atoms with van der Waals surface area (Å²) in [6.07, 6.45) is 1.48. The van der Waals surface area contributed by atoms with Gasteiger partial charge in [0.15, 0.2) is 6.29 Å². The number of aldehydes is 1. The van der Waals surface area contributed by atoms with Crippen molar-refractivity contribution < 1.29 is 4.79 Å². The van der Waals surface area contributed by atoms with Crippen LogP contribution in [-0.2, 0) is 6.42 Å². The number of hydrogen-bond acceptors (Lipinski definition) is 3. The molecule has 0 fully saturated rings. The molecule has 0 bridgehead atoms. The fraction of sp³-hybridized carbons (Fsp3) is 0.154. The number of rotatable bonds is 3. The van der Waals surface area contributed by atoms with Crippen LogP contribution in [0.5, 0.6) is 0 Å². The zero-order valence-corrected chi connectivity index (χ0v) is 9.05. The van der Waals surface area contributed by atoms with Gasteiger partial charge in [-0.2, -0.15) is 0 Å². The molecule has 1 aromatic heterocycles. The second kappa shape index (κ2) is 4.66. The topological polar surface area (TPSA) is 42.9 Å². The molecule has 1 aromatic carbocycles. The van der Waals surface area contributed by atoms with Gasteiger partial charge < -0.3 is 0 Å². The summed E-state index contributed by atoms with van der Waals surface area (Å²) in [7, 11) is 0. The maximum atomic E-state index is 10.8. The van der Waals surface area contributed by atoms with Crippen LogP contribution in [0, 0.1) is 0 Å². The molecule has 80 valence electrons. The standard InChI is InChI=1S/C13H12N2O/c1-2-13-14-11(9-16)8-12(15-13)10-6-4-3-5-7-10/h3-9H,2H2,1H3. The van der Waals surface area contributed by atoms with Crippen molar-refractivity contribution in [2.75, 3.05) is 0 Å². The summed E-state index contributed by atoms with van der Waals surface area (Å²) in [5.74, 6) is 0.698. The summed E-state index contributed by atoms with van der Waals surface area (Å²) >= 11 is 0. The van der Waals surface area contributed by atoms with Crippen molar-refractivity contribution >= 4 is 6.29 Å². The molecule has 0 amide bonds. The van der Waals surface area contributed by atoms with Crippen LogP contribution in [0.15, 0.2) is 36.4 Å². The Kier molecular flexibility index (Phi) is 3.05. The van der Waals surface area contributed by atoms with Gasteiger partial charge in [0.2, 0.25) is 0 Å². The zero-order valence-electron chi connectivity index (χ0n) is 9.05. The largest absolute Gasteiger partial charge is 0.296 e. The van der Waals surface area contributed by atoms with Crippen LogP contribution in [0.1, 0.15) is 23.2 Å². The van der Waals surface area contributed by atoms with Crippen LogP contribution < -0.4 is 0 Å². The van der Waals surface area contributed by atoms with E-state index in [9.17, 15) is 4.79 Å². The first-order chi connectivity index (χ1) is 7.83. The Bertz CT molecular complexity index is 495. The minimum atomic E-state index is 0.436. The number of carbonyl (C=O) groups excluding carboxylic acids is 1. The number of nitrogens with zero attached hydrogens (tertiary/aromatic N) is 2. The summed E-state index contributed by atoms with van der Waals surface area (Å²) in [6.45, 7) is 1.97. The van der Waals surface area contributed by atoms with E-state index in [2.05, 4.69) is 9.97 Å². The van der Waals surface area contributed by atoms with Crippen molar-refractivity contribution in [3.05, 3.63) is 47.9 Å². The maximum absolute atomic E-state index is 10.8. The molecular weight excluding hydrogens is 200 g/mol. The molecule has 0 saturated heterocycles. The molecule has 16 heavy (non-hydrogen) atoms. The van der Waals surface area contributed by atoms with Crippen LogP contribution in [0.4, 0.5) is 0 Å². The van der Waals surface area contributed by atoms with Crippen LogP contribution in [0.3, 0.4) is 0 Å². The first-order valence-corrected chi connectivity index (χ1v) is 5.22. The summed E-state index contributed by atoms with van der Waals surface area (Å²) in [6, 6.07) is 11.5. The summed E-state index contributed by atoms with van der Waals surface area (Å²) < 4.78 is 0. The van der Waals surface area contributed by atoms with Crippen molar-refractivity contribution in [3.63, 3.8) is 0 Å². The molecule has 3 nitrogen and oxygen atoms in total. The van der Waals surface area contributed by atoms with Crippen LogP contribution in [0.2, 0.25) is 0 Å². The van der Waals surface area contributed by atoms with Crippen molar-refractivity contribution in [1.82, 2.24) is 9.97 Å². The SMILES string of the molecule is CCc1nc(C=O)cc(-c2ccccc2)n1. The molecule has 0 aliphatic heterocycles. The quantitative estimate of drug-likeness (QED) is 0.734. The van der Waals surface area contributed by atoms with Crippen LogP contribution in [-0.4, -0.2) is 16.3 Å². The predicted molar refractivity (Wildman–Crippen MR) is 62.2 cm³/mol. The van der Waals surface area contributed by atoms with Gasteiger partial charge in [-0.3, -0.25) is 4.79 Å². The second-order valence-corrected chi connectivity index (χ2v) is 3.43. The molecule has 0 unspecified atom stereocenters. The van der Waals surface area contributed by atoms with E-state index in [1.165, 1.54) is 0 Å². The van der Waals surface area contributed by atoms with Gasteiger partial charge in [0.1, 0.15) is 11.5 Å². The monoisotopic (exact) mass is 212 g/mol. The van der Waals surface area contributed by atoms with E-state index in [0.29, 0.717) is 11.5 Å². The van der Waals surface area contributed by atoms with E-state index in [1.807, 2.05) is 37.3 Å². The van der Waals surface area contributed by atoms with Crippen molar-refractivity contribution in [3.8, 4) is 11.3 Å². The van der Waals surface area contributed by atoms with Crippen molar-refractivity contribution in [2.24, 2.45) is 0 Å². The molecule has 3 heteroatoms. The van der Waals surface area contributed by atoms with Gasteiger partial charge in [0.25, 0.3) is 0 Å². The van der Waals surface area contributed by atoms with Gasteiger partial charge in [-0.15, -0.1) is 0 Å². The fourth-order valence-corrected chi connectivity index (χ4v) is 1.49. The third kappa shape index (κ3) is 2.14. The Hall–Kier alpha value is -2.03. The molecule has 0 saturated carbocycles. The third-order valence-electron chi connectivity index (χ3n) is 2.30. The molecular formula is C13H12N2O. The molecule has 0 N–H and O–H groups in total. The lowest BCUT2D eigenvalue weighted by Gasteiger charge is -2.03. The normalized spacial score (nSPS) is 10.1. The highest BCUT2D eigenvalue weighted by Gasteiger charge is 2.04. The molecule has 0 atom stereocenters. The average Bonchev–Trinajstić information content (AvgIpc) is 2.39. The molecule has 0 radical (unpaired) electrons. The molecule has 1 heterocycles. The minimum Gasteiger partial charge on any atom is -0.296 e. The zero-order chi connectivity index (χ0) is 11.4.